The molecule has 0 aliphatic carbocycles. The minimum absolute atomic E-state index is 0.229. The van der Waals surface area contributed by atoms with E-state index in [1.807, 2.05) is 0 Å². The van der Waals surface area contributed by atoms with Gasteiger partial charge in [0.1, 0.15) is 0 Å². The van der Waals surface area contributed by atoms with Crippen molar-refractivity contribution < 1.29 is 32.6 Å². The summed E-state index contributed by atoms with van der Waals surface area (Å²) in [5, 5.41) is 8.85. The summed E-state index contributed by atoms with van der Waals surface area (Å²) in [7, 11) is 1.09. The number of methoxy groups -OCH3 is 1. The van der Waals surface area contributed by atoms with Crippen LogP contribution in [0.3, 0.4) is 0 Å². The number of benzene rings is 1. The van der Waals surface area contributed by atoms with Crippen molar-refractivity contribution in [1.82, 2.24) is 0 Å². The number of carboxylic acid groups (broad SMARTS) is 1. The number of rotatable bonds is 3. The van der Waals surface area contributed by atoms with Crippen molar-refractivity contribution in [3.05, 3.63) is 41.0 Å². The van der Waals surface area contributed by atoms with Gasteiger partial charge in [0, 0.05) is 6.08 Å². The number of carbonyl (C=O) groups excluding carboxylic acids is 1. The smallest absolute Gasteiger partial charge is 0.416 e. The van der Waals surface area contributed by atoms with E-state index >= 15 is 0 Å². The maximum atomic E-state index is 12.5. The Morgan fingerprint density at radius 1 is 1.32 bits per heavy atom. The van der Waals surface area contributed by atoms with Crippen molar-refractivity contribution in [2.45, 2.75) is 6.18 Å². The standard InChI is InChI=1S/C12H9F3O4/c1-19-10(16)5-2-7-6-8(12(13,14)15)3-4-9(7)11(17)18/h2-6H,1H3,(H,17,18). The van der Waals surface area contributed by atoms with E-state index < -0.39 is 23.7 Å². The highest BCUT2D eigenvalue weighted by atomic mass is 19.4. The Balaban J connectivity index is 3.28. The van der Waals surface area contributed by atoms with Crippen molar-refractivity contribution in [3.8, 4) is 0 Å². The number of aromatic carboxylic acids is 1. The Hall–Kier alpha value is -2.31. The number of carboxylic acids is 1. The summed E-state index contributed by atoms with van der Waals surface area (Å²) in [4.78, 5) is 21.7. The first kappa shape index (κ1) is 14.7. The molecule has 0 aliphatic heterocycles. The van der Waals surface area contributed by atoms with Crippen LogP contribution in [0.2, 0.25) is 0 Å². The lowest BCUT2D eigenvalue weighted by atomic mass is 10.0. The van der Waals surface area contributed by atoms with Crippen LogP contribution >= 0.6 is 0 Å². The van der Waals surface area contributed by atoms with Gasteiger partial charge in [0.05, 0.1) is 18.2 Å². The molecule has 1 aromatic rings. The molecule has 0 aromatic heterocycles. The predicted octanol–water partition coefficient (Wildman–Crippen LogP) is 2.59. The van der Waals surface area contributed by atoms with Gasteiger partial charge in [-0.3, -0.25) is 0 Å². The molecule has 0 amide bonds. The predicted molar refractivity (Wildman–Crippen MR) is 59.5 cm³/mol. The van der Waals surface area contributed by atoms with Gasteiger partial charge in [-0.25, -0.2) is 9.59 Å². The van der Waals surface area contributed by atoms with E-state index in [-0.39, 0.29) is 11.1 Å². The van der Waals surface area contributed by atoms with Crippen LogP contribution in [-0.2, 0) is 15.7 Å². The molecule has 0 bridgehead atoms. The molecule has 0 heterocycles. The SMILES string of the molecule is COC(=O)C=Cc1cc(C(F)(F)F)ccc1C(=O)O. The number of alkyl halides is 3. The van der Waals surface area contributed by atoms with Crippen LogP contribution in [0.25, 0.3) is 6.08 Å². The number of hydrogen-bond acceptors (Lipinski definition) is 3. The number of hydrogen-bond donors (Lipinski definition) is 1. The zero-order valence-corrected chi connectivity index (χ0v) is 9.69. The lowest BCUT2D eigenvalue weighted by Crippen LogP contribution is -2.08. The first-order valence-corrected chi connectivity index (χ1v) is 4.96. The first-order valence-electron chi connectivity index (χ1n) is 4.96. The van der Waals surface area contributed by atoms with Crippen LogP contribution in [-0.4, -0.2) is 24.2 Å². The van der Waals surface area contributed by atoms with Crippen LogP contribution in [0.1, 0.15) is 21.5 Å². The molecule has 0 atom stereocenters. The van der Waals surface area contributed by atoms with Crippen LogP contribution in [0.4, 0.5) is 13.2 Å². The molecule has 0 aliphatic rings. The molecule has 0 saturated heterocycles. The third-order valence-corrected chi connectivity index (χ3v) is 2.21. The molecule has 7 heteroatoms. The summed E-state index contributed by atoms with van der Waals surface area (Å²) >= 11 is 0. The van der Waals surface area contributed by atoms with Crippen LogP contribution in [0, 0.1) is 0 Å². The van der Waals surface area contributed by atoms with Gasteiger partial charge in [-0.15, -0.1) is 0 Å². The molecule has 0 fully saturated rings. The average molecular weight is 274 g/mol. The molecule has 1 aromatic carbocycles. The topological polar surface area (TPSA) is 63.6 Å². The zero-order valence-electron chi connectivity index (χ0n) is 9.69. The maximum absolute atomic E-state index is 12.5. The van der Waals surface area contributed by atoms with Crippen LogP contribution in [0.15, 0.2) is 24.3 Å². The summed E-state index contributed by atoms with van der Waals surface area (Å²) < 4.78 is 41.8. The Bertz CT molecular complexity index is 532. The molecule has 0 spiro atoms. The molecule has 4 nitrogen and oxygen atoms in total. The van der Waals surface area contributed by atoms with Gasteiger partial charge in [-0.2, -0.15) is 13.2 Å². The quantitative estimate of drug-likeness (QED) is 0.679. The second kappa shape index (κ2) is 5.55. The summed E-state index contributed by atoms with van der Waals surface area (Å²) in [6.07, 6.45) is -2.78. The van der Waals surface area contributed by atoms with Crippen molar-refractivity contribution in [1.29, 1.82) is 0 Å². The number of carbonyl (C=O) groups is 2. The van der Waals surface area contributed by atoms with Crippen molar-refractivity contribution in [2.75, 3.05) is 7.11 Å². The number of esters is 1. The van der Waals surface area contributed by atoms with E-state index in [9.17, 15) is 22.8 Å². The van der Waals surface area contributed by atoms with E-state index in [0.29, 0.717) is 12.1 Å². The van der Waals surface area contributed by atoms with Crippen LogP contribution < -0.4 is 0 Å². The second-order valence-electron chi connectivity index (χ2n) is 3.46. The van der Waals surface area contributed by atoms with Gasteiger partial charge in [0.2, 0.25) is 0 Å². The van der Waals surface area contributed by atoms with Gasteiger partial charge < -0.3 is 9.84 Å². The second-order valence-corrected chi connectivity index (χ2v) is 3.46. The van der Waals surface area contributed by atoms with Gasteiger partial charge in [0.15, 0.2) is 0 Å². The molecule has 0 unspecified atom stereocenters. The molecule has 0 saturated carbocycles. The molecular weight excluding hydrogens is 265 g/mol. The largest absolute Gasteiger partial charge is 0.478 e. The van der Waals surface area contributed by atoms with Crippen LogP contribution in [0.5, 0.6) is 0 Å². The van der Waals surface area contributed by atoms with Crippen molar-refractivity contribution in [3.63, 3.8) is 0 Å². The Morgan fingerprint density at radius 2 is 1.95 bits per heavy atom. The lowest BCUT2D eigenvalue weighted by Gasteiger charge is -2.09. The zero-order chi connectivity index (χ0) is 14.6. The van der Waals surface area contributed by atoms with E-state index in [0.717, 1.165) is 25.3 Å². The minimum atomic E-state index is -4.59. The third kappa shape index (κ3) is 3.84. The van der Waals surface area contributed by atoms with Gasteiger partial charge in [-0.05, 0) is 29.8 Å². The molecule has 1 rings (SSSR count). The van der Waals surface area contributed by atoms with E-state index in [4.69, 9.17) is 5.11 Å². The molecule has 102 valence electrons. The van der Waals surface area contributed by atoms with E-state index in [1.54, 1.807) is 0 Å². The summed E-state index contributed by atoms with van der Waals surface area (Å²) in [6.45, 7) is 0. The Morgan fingerprint density at radius 3 is 2.42 bits per heavy atom. The van der Waals surface area contributed by atoms with E-state index in [2.05, 4.69) is 4.74 Å². The van der Waals surface area contributed by atoms with Crippen molar-refractivity contribution in [2.24, 2.45) is 0 Å². The highest BCUT2D eigenvalue weighted by Gasteiger charge is 2.31. The monoisotopic (exact) mass is 274 g/mol. The molecule has 19 heavy (non-hydrogen) atoms. The summed E-state index contributed by atoms with van der Waals surface area (Å²) in [5.41, 5.74) is -1.57. The van der Waals surface area contributed by atoms with Gasteiger partial charge in [-0.1, -0.05) is 0 Å². The fourth-order valence-electron chi connectivity index (χ4n) is 1.30. The highest BCUT2D eigenvalue weighted by molar-refractivity contribution is 5.95. The summed E-state index contributed by atoms with van der Waals surface area (Å²) in [6, 6.07) is 2.16. The minimum Gasteiger partial charge on any atom is -0.478 e. The van der Waals surface area contributed by atoms with Gasteiger partial charge >= 0.3 is 18.1 Å². The lowest BCUT2D eigenvalue weighted by molar-refractivity contribution is -0.137. The third-order valence-electron chi connectivity index (χ3n) is 2.21. The number of halogens is 3. The normalized spacial score (nSPS) is 11.6. The average Bonchev–Trinajstić information content (AvgIpc) is 2.34. The summed E-state index contributed by atoms with van der Waals surface area (Å²) in [5.74, 6) is -2.19. The number of ether oxygens (including phenoxy) is 1. The van der Waals surface area contributed by atoms with Crippen molar-refractivity contribution >= 4 is 18.0 Å². The molecule has 1 N–H and O–H groups in total. The van der Waals surface area contributed by atoms with Gasteiger partial charge in [0.25, 0.3) is 0 Å². The fraction of sp³-hybridized carbons (Fsp3) is 0.167. The molecule has 0 radical (unpaired) electrons. The van der Waals surface area contributed by atoms with E-state index in [1.165, 1.54) is 0 Å². The highest BCUT2D eigenvalue weighted by Crippen LogP contribution is 2.31. The Labute approximate surface area is 106 Å². The first-order chi connectivity index (χ1) is 8.75. The maximum Gasteiger partial charge on any atom is 0.416 e. The molecular formula is C12H9F3O4. The fourth-order valence-corrected chi connectivity index (χ4v) is 1.30. The Kier molecular flexibility index (Phi) is 4.31.